The molecule has 1 atom stereocenters. The third kappa shape index (κ3) is 4.00. The minimum atomic E-state index is 0.403. The highest BCUT2D eigenvalue weighted by Crippen LogP contribution is 2.22. The normalized spacial score (nSPS) is 17.7. The van der Waals surface area contributed by atoms with E-state index in [1.807, 2.05) is 24.3 Å². The Labute approximate surface area is 154 Å². The highest BCUT2D eigenvalue weighted by molar-refractivity contribution is 7.80. The Kier molecular flexibility index (Phi) is 5.27. The van der Waals surface area contributed by atoms with Crippen LogP contribution in [-0.2, 0) is 0 Å². The van der Waals surface area contributed by atoms with Gasteiger partial charge in [-0.2, -0.15) is 0 Å². The minimum Gasteiger partial charge on any atom is -0.365 e. The van der Waals surface area contributed by atoms with Gasteiger partial charge in [0.2, 0.25) is 0 Å². The van der Waals surface area contributed by atoms with Gasteiger partial charge in [0.25, 0.3) is 0 Å². The second kappa shape index (κ2) is 7.41. The van der Waals surface area contributed by atoms with E-state index in [1.165, 1.54) is 11.3 Å². The fourth-order valence-electron chi connectivity index (χ4n) is 3.03. The molecule has 0 aromatic heterocycles. The van der Waals surface area contributed by atoms with Crippen molar-refractivity contribution in [3.8, 4) is 0 Å². The third-order valence-electron chi connectivity index (χ3n) is 4.36. The van der Waals surface area contributed by atoms with Crippen LogP contribution < -0.4 is 10.2 Å². The summed E-state index contributed by atoms with van der Waals surface area (Å²) in [5.41, 5.74) is 3.50. The summed E-state index contributed by atoms with van der Waals surface area (Å²) in [5, 5.41) is 4.76. The van der Waals surface area contributed by atoms with Crippen LogP contribution >= 0.6 is 23.8 Å². The average Bonchev–Trinajstić information content (AvgIpc) is 2.56. The molecule has 0 radical (unpaired) electrons. The lowest BCUT2D eigenvalue weighted by molar-refractivity contribution is 0.342. The van der Waals surface area contributed by atoms with Gasteiger partial charge in [-0.3, -0.25) is 0 Å². The molecule has 3 nitrogen and oxygen atoms in total. The highest BCUT2D eigenvalue weighted by atomic mass is 35.5. The molecule has 3 rings (SSSR count). The van der Waals surface area contributed by atoms with Crippen LogP contribution in [0.4, 0.5) is 11.4 Å². The Morgan fingerprint density at radius 1 is 1.17 bits per heavy atom. The molecule has 1 saturated heterocycles. The molecule has 0 bridgehead atoms. The predicted molar refractivity (Wildman–Crippen MR) is 107 cm³/mol. The van der Waals surface area contributed by atoms with Gasteiger partial charge < -0.3 is 15.1 Å². The van der Waals surface area contributed by atoms with Crippen LogP contribution in [0, 0.1) is 6.92 Å². The number of hydrogen-bond acceptors (Lipinski definition) is 2. The summed E-state index contributed by atoms with van der Waals surface area (Å²) in [6, 6.07) is 16.8. The molecule has 0 amide bonds. The number of hydrogen-bond donors (Lipinski definition) is 1. The second-order valence-electron chi connectivity index (χ2n) is 6.26. The number of anilines is 2. The van der Waals surface area contributed by atoms with Crippen molar-refractivity contribution in [2.75, 3.05) is 29.9 Å². The summed E-state index contributed by atoms with van der Waals surface area (Å²) in [4.78, 5) is 4.67. The van der Waals surface area contributed by atoms with E-state index in [2.05, 4.69) is 53.2 Å². The van der Waals surface area contributed by atoms with E-state index in [0.29, 0.717) is 11.1 Å². The van der Waals surface area contributed by atoms with Gasteiger partial charge in [0.05, 0.1) is 0 Å². The Morgan fingerprint density at radius 2 is 1.92 bits per heavy atom. The summed E-state index contributed by atoms with van der Waals surface area (Å²) in [5.74, 6) is 0. The van der Waals surface area contributed by atoms with Crippen molar-refractivity contribution in [3.05, 3.63) is 59.1 Å². The SMILES string of the molecule is Cc1ccc(N2CCN(C(=S)Nc3cccc(Cl)c3)CC2C)cc1. The molecule has 0 spiro atoms. The Bertz CT molecular complexity index is 717. The quantitative estimate of drug-likeness (QED) is 0.792. The van der Waals surface area contributed by atoms with E-state index >= 15 is 0 Å². The van der Waals surface area contributed by atoms with Crippen LogP contribution in [0.25, 0.3) is 0 Å². The van der Waals surface area contributed by atoms with Crippen molar-refractivity contribution in [2.24, 2.45) is 0 Å². The molecular formula is C19H22ClN3S. The average molecular weight is 360 g/mol. The molecule has 1 fully saturated rings. The van der Waals surface area contributed by atoms with Gasteiger partial charge in [-0.05, 0) is 56.4 Å². The molecule has 0 saturated carbocycles. The lowest BCUT2D eigenvalue weighted by atomic mass is 10.1. The fraction of sp³-hybridized carbons (Fsp3) is 0.316. The maximum atomic E-state index is 6.03. The van der Waals surface area contributed by atoms with Crippen molar-refractivity contribution in [3.63, 3.8) is 0 Å². The molecule has 1 unspecified atom stereocenters. The first-order chi connectivity index (χ1) is 11.5. The van der Waals surface area contributed by atoms with E-state index in [0.717, 1.165) is 30.4 Å². The van der Waals surface area contributed by atoms with E-state index in [1.54, 1.807) is 0 Å². The van der Waals surface area contributed by atoms with Crippen LogP contribution in [0.1, 0.15) is 12.5 Å². The van der Waals surface area contributed by atoms with Crippen LogP contribution in [0.3, 0.4) is 0 Å². The van der Waals surface area contributed by atoms with E-state index in [4.69, 9.17) is 23.8 Å². The Morgan fingerprint density at radius 3 is 2.58 bits per heavy atom. The van der Waals surface area contributed by atoms with Gasteiger partial charge in [0, 0.05) is 42.1 Å². The van der Waals surface area contributed by atoms with Crippen LogP contribution in [0.5, 0.6) is 0 Å². The molecule has 1 aliphatic rings. The van der Waals surface area contributed by atoms with Gasteiger partial charge in [0.1, 0.15) is 0 Å². The number of nitrogens with zero attached hydrogens (tertiary/aromatic N) is 2. The first-order valence-corrected chi connectivity index (χ1v) is 8.96. The predicted octanol–water partition coefficient (Wildman–Crippen LogP) is 4.56. The van der Waals surface area contributed by atoms with Crippen LogP contribution in [-0.4, -0.2) is 35.7 Å². The van der Waals surface area contributed by atoms with E-state index < -0.39 is 0 Å². The number of halogens is 1. The zero-order chi connectivity index (χ0) is 17.1. The first-order valence-electron chi connectivity index (χ1n) is 8.18. The zero-order valence-electron chi connectivity index (χ0n) is 14.0. The largest absolute Gasteiger partial charge is 0.365 e. The summed E-state index contributed by atoms with van der Waals surface area (Å²) >= 11 is 11.6. The molecule has 1 heterocycles. The van der Waals surface area contributed by atoms with Crippen molar-refractivity contribution < 1.29 is 0 Å². The molecular weight excluding hydrogens is 338 g/mol. The summed E-state index contributed by atoms with van der Waals surface area (Å²) in [7, 11) is 0. The molecule has 5 heteroatoms. The summed E-state index contributed by atoms with van der Waals surface area (Å²) in [6.45, 7) is 7.13. The zero-order valence-corrected chi connectivity index (χ0v) is 15.6. The lowest BCUT2D eigenvalue weighted by Gasteiger charge is -2.42. The lowest BCUT2D eigenvalue weighted by Crippen LogP contribution is -2.54. The molecule has 24 heavy (non-hydrogen) atoms. The number of aryl methyl sites for hydroxylation is 1. The first kappa shape index (κ1) is 17.1. The number of benzene rings is 2. The van der Waals surface area contributed by atoms with E-state index in [9.17, 15) is 0 Å². The molecule has 0 aliphatic carbocycles. The molecule has 126 valence electrons. The summed E-state index contributed by atoms with van der Waals surface area (Å²) < 4.78 is 0. The summed E-state index contributed by atoms with van der Waals surface area (Å²) in [6.07, 6.45) is 0. The Balaban J connectivity index is 1.62. The topological polar surface area (TPSA) is 18.5 Å². The number of thiocarbonyl (C=S) groups is 1. The van der Waals surface area contributed by atoms with Gasteiger partial charge in [0.15, 0.2) is 5.11 Å². The fourth-order valence-corrected chi connectivity index (χ4v) is 3.50. The van der Waals surface area contributed by atoms with Crippen molar-refractivity contribution in [1.82, 2.24) is 4.90 Å². The van der Waals surface area contributed by atoms with Crippen LogP contribution in [0.15, 0.2) is 48.5 Å². The van der Waals surface area contributed by atoms with E-state index in [-0.39, 0.29) is 0 Å². The smallest absolute Gasteiger partial charge is 0.173 e. The molecule has 1 N–H and O–H groups in total. The van der Waals surface area contributed by atoms with Gasteiger partial charge in [-0.15, -0.1) is 0 Å². The molecule has 1 aliphatic heterocycles. The maximum Gasteiger partial charge on any atom is 0.173 e. The van der Waals surface area contributed by atoms with Gasteiger partial charge in [-0.1, -0.05) is 35.4 Å². The number of piperazine rings is 1. The molecule has 2 aromatic carbocycles. The Hall–Kier alpha value is -1.78. The van der Waals surface area contributed by atoms with Crippen molar-refractivity contribution in [2.45, 2.75) is 19.9 Å². The van der Waals surface area contributed by atoms with Crippen LogP contribution in [0.2, 0.25) is 5.02 Å². The number of nitrogens with one attached hydrogen (secondary N) is 1. The number of rotatable bonds is 2. The van der Waals surface area contributed by atoms with Gasteiger partial charge >= 0.3 is 0 Å². The van der Waals surface area contributed by atoms with Gasteiger partial charge in [-0.25, -0.2) is 0 Å². The van der Waals surface area contributed by atoms with Crippen molar-refractivity contribution >= 4 is 40.3 Å². The monoisotopic (exact) mass is 359 g/mol. The highest BCUT2D eigenvalue weighted by Gasteiger charge is 2.25. The second-order valence-corrected chi connectivity index (χ2v) is 7.09. The third-order valence-corrected chi connectivity index (χ3v) is 4.95. The minimum absolute atomic E-state index is 0.403. The molecule has 2 aromatic rings. The maximum absolute atomic E-state index is 6.03. The van der Waals surface area contributed by atoms with Crippen molar-refractivity contribution in [1.29, 1.82) is 0 Å². The standard InChI is InChI=1S/C19H22ClN3S/c1-14-6-8-18(9-7-14)23-11-10-22(13-15(23)2)19(24)21-17-5-3-4-16(20)12-17/h3-9,12,15H,10-11,13H2,1-2H3,(H,21,24).